The fraction of sp³-hybridized carbons (Fsp3) is 0.583. The van der Waals surface area contributed by atoms with Crippen LogP contribution in [0.2, 0.25) is 0 Å². The van der Waals surface area contributed by atoms with Crippen LogP contribution in [-0.4, -0.2) is 52.9 Å². The summed E-state index contributed by atoms with van der Waals surface area (Å²) in [6.45, 7) is 11.9. The molecule has 1 aliphatic heterocycles. The van der Waals surface area contributed by atoms with Gasteiger partial charge < -0.3 is 10.6 Å². The molecule has 6 nitrogen and oxygen atoms in total. The predicted molar refractivity (Wildman–Crippen MR) is 140 cm³/mol. The minimum Gasteiger partial charge on any atom is -0.356 e. The van der Waals surface area contributed by atoms with Gasteiger partial charge in [0.1, 0.15) is 0 Å². The van der Waals surface area contributed by atoms with Crippen molar-refractivity contribution in [1.82, 2.24) is 25.3 Å². The highest BCUT2D eigenvalue weighted by Gasteiger charge is 2.29. The molecule has 1 aromatic heterocycles. The predicted octanol–water partition coefficient (Wildman–Crippen LogP) is 3.66. The van der Waals surface area contributed by atoms with Gasteiger partial charge in [-0.25, -0.2) is 0 Å². The van der Waals surface area contributed by atoms with Crippen molar-refractivity contribution in [3.05, 3.63) is 52.8 Å². The molecule has 0 bridgehead atoms. The summed E-state index contributed by atoms with van der Waals surface area (Å²) in [7, 11) is 3.86. The van der Waals surface area contributed by atoms with E-state index in [4.69, 9.17) is 0 Å². The summed E-state index contributed by atoms with van der Waals surface area (Å²) < 4.78 is 1.97. The summed E-state index contributed by atoms with van der Waals surface area (Å²) >= 11 is 0. The van der Waals surface area contributed by atoms with Crippen LogP contribution in [0.1, 0.15) is 42.8 Å². The zero-order valence-electron chi connectivity index (χ0n) is 19.9. The Morgan fingerprint density at radius 3 is 2.58 bits per heavy atom. The van der Waals surface area contributed by atoms with Crippen molar-refractivity contribution in [2.75, 3.05) is 20.1 Å². The Bertz CT molecular complexity index is 847. The topological polar surface area (TPSA) is 57.5 Å². The first kappa shape index (κ1) is 25.6. The van der Waals surface area contributed by atoms with Crippen LogP contribution in [0.4, 0.5) is 0 Å². The number of nitrogens with zero attached hydrogens (tertiary/aromatic N) is 4. The van der Waals surface area contributed by atoms with Gasteiger partial charge in [-0.15, -0.1) is 24.0 Å². The summed E-state index contributed by atoms with van der Waals surface area (Å²) in [5, 5.41) is 11.6. The Hall–Kier alpha value is -1.61. The highest BCUT2D eigenvalue weighted by Crippen LogP contribution is 2.24. The molecule has 1 saturated heterocycles. The molecule has 3 unspecified atom stereocenters. The summed E-state index contributed by atoms with van der Waals surface area (Å²) in [5.41, 5.74) is 5.08. The quantitative estimate of drug-likeness (QED) is 0.321. The molecular weight excluding hydrogens is 499 g/mol. The van der Waals surface area contributed by atoms with Gasteiger partial charge in [0.05, 0.1) is 5.69 Å². The van der Waals surface area contributed by atoms with Crippen LogP contribution in [0.25, 0.3) is 0 Å². The average molecular weight is 539 g/mol. The van der Waals surface area contributed by atoms with Crippen LogP contribution in [0.15, 0.2) is 35.3 Å². The zero-order valence-corrected chi connectivity index (χ0v) is 22.2. The highest BCUT2D eigenvalue weighted by atomic mass is 127. The average Bonchev–Trinajstić information content (AvgIpc) is 3.19. The molecule has 7 heteroatoms. The largest absolute Gasteiger partial charge is 0.356 e. The van der Waals surface area contributed by atoms with E-state index >= 15 is 0 Å². The van der Waals surface area contributed by atoms with Gasteiger partial charge in [-0.1, -0.05) is 30.3 Å². The summed E-state index contributed by atoms with van der Waals surface area (Å²) in [4.78, 5) is 7.04. The van der Waals surface area contributed by atoms with Crippen molar-refractivity contribution in [3.8, 4) is 0 Å². The molecule has 31 heavy (non-hydrogen) atoms. The van der Waals surface area contributed by atoms with Crippen LogP contribution in [0.5, 0.6) is 0 Å². The minimum atomic E-state index is 0. The lowest BCUT2D eigenvalue weighted by molar-refractivity contribution is 0.255. The molecule has 1 aromatic carbocycles. The number of hydrogen-bond acceptors (Lipinski definition) is 3. The fourth-order valence-corrected chi connectivity index (χ4v) is 4.54. The molecule has 172 valence electrons. The molecule has 0 spiro atoms. The van der Waals surface area contributed by atoms with Crippen LogP contribution < -0.4 is 10.6 Å². The number of benzene rings is 1. The second-order valence-electron chi connectivity index (χ2n) is 8.84. The molecule has 0 radical (unpaired) electrons. The van der Waals surface area contributed by atoms with Gasteiger partial charge in [-0.2, -0.15) is 5.10 Å². The summed E-state index contributed by atoms with van der Waals surface area (Å²) in [6, 6.07) is 11.7. The third kappa shape index (κ3) is 6.94. The molecule has 3 rings (SSSR count). The van der Waals surface area contributed by atoms with Gasteiger partial charge in [0.15, 0.2) is 5.96 Å². The van der Waals surface area contributed by atoms with E-state index in [9.17, 15) is 0 Å². The molecule has 2 N–H and O–H groups in total. The van der Waals surface area contributed by atoms with Gasteiger partial charge in [0.2, 0.25) is 0 Å². The van der Waals surface area contributed by atoms with E-state index in [1.807, 2.05) is 18.8 Å². The van der Waals surface area contributed by atoms with E-state index in [2.05, 4.69) is 83.7 Å². The Morgan fingerprint density at radius 1 is 1.26 bits per heavy atom. The maximum atomic E-state index is 4.53. The Morgan fingerprint density at radius 2 is 1.97 bits per heavy atom. The smallest absolute Gasteiger partial charge is 0.191 e. The summed E-state index contributed by atoms with van der Waals surface area (Å²) in [6.07, 6.45) is 2.16. The molecule has 0 amide bonds. The van der Waals surface area contributed by atoms with E-state index in [1.165, 1.54) is 23.2 Å². The van der Waals surface area contributed by atoms with Crippen LogP contribution in [0, 0.1) is 19.8 Å². The Labute approximate surface area is 204 Å². The first-order valence-corrected chi connectivity index (χ1v) is 11.1. The molecule has 0 aliphatic carbocycles. The minimum absolute atomic E-state index is 0. The first-order chi connectivity index (χ1) is 14.4. The Balaban J connectivity index is 0.00000341. The monoisotopic (exact) mass is 538 g/mol. The maximum absolute atomic E-state index is 4.53. The molecule has 3 atom stereocenters. The number of aliphatic imine (C=N–C) groups is 1. The number of halogens is 1. The number of likely N-dealkylation sites (tertiary alicyclic amines) is 1. The van der Waals surface area contributed by atoms with E-state index in [-0.39, 0.29) is 30.0 Å². The van der Waals surface area contributed by atoms with Gasteiger partial charge in [0, 0.05) is 51.5 Å². The number of nitrogens with one attached hydrogen (secondary N) is 2. The number of aryl methyl sites for hydroxylation is 2. The van der Waals surface area contributed by atoms with Crippen molar-refractivity contribution in [3.63, 3.8) is 0 Å². The number of aromatic nitrogens is 2. The molecule has 2 aromatic rings. The highest BCUT2D eigenvalue weighted by molar-refractivity contribution is 14.0. The fourth-order valence-electron chi connectivity index (χ4n) is 4.54. The SMILES string of the molecule is CN=C(NCC1CC(C)N(Cc2ccccc2)C1)NC(C)Cc1c(C)nn(C)c1C.I. The molecule has 0 saturated carbocycles. The van der Waals surface area contributed by atoms with Crippen molar-refractivity contribution >= 4 is 29.9 Å². The van der Waals surface area contributed by atoms with Gasteiger partial charge in [0.25, 0.3) is 0 Å². The Kier molecular flexibility index (Phi) is 9.81. The van der Waals surface area contributed by atoms with Crippen LogP contribution >= 0.6 is 24.0 Å². The van der Waals surface area contributed by atoms with E-state index < -0.39 is 0 Å². The van der Waals surface area contributed by atoms with Crippen molar-refractivity contribution < 1.29 is 0 Å². The van der Waals surface area contributed by atoms with E-state index in [0.717, 1.165) is 37.7 Å². The maximum Gasteiger partial charge on any atom is 0.191 e. The third-order valence-corrected chi connectivity index (χ3v) is 6.35. The van der Waals surface area contributed by atoms with Crippen LogP contribution in [0.3, 0.4) is 0 Å². The molecule has 2 heterocycles. The van der Waals surface area contributed by atoms with Gasteiger partial charge in [-0.05, 0) is 57.6 Å². The number of hydrogen-bond donors (Lipinski definition) is 2. The van der Waals surface area contributed by atoms with Gasteiger partial charge in [-0.3, -0.25) is 14.6 Å². The number of guanidine groups is 1. The van der Waals surface area contributed by atoms with Crippen molar-refractivity contribution in [2.24, 2.45) is 18.0 Å². The zero-order chi connectivity index (χ0) is 21.7. The normalized spacial score (nSPS) is 20.4. The lowest BCUT2D eigenvalue weighted by Crippen LogP contribution is -2.44. The van der Waals surface area contributed by atoms with E-state index in [1.54, 1.807) is 0 Å². The summed E-state index contributed by atoms with van der Waals surface area (Å²) in [5.74, 6) is 1.52. The lowest BCUT2D eigenvalue weighted by atomic mass is 10.1. The van der Waals surface area contributed by atoms with Crippen LogP contribution in [-0.2, 0) is 20.0 Å². The van der Waals surface area contributed by atoms with Crippen molar-refractivity contribution in [1.29, 1.82) is 0 Å². The number of rotatable bonds is 7. The third-order valence-electron chi connectivity index (χ3n) is 6.35. The van der Waals surface area contributed by atoms with Gasteiger partial charge >= 0.3 is 0 Å². The molecular formula is C24H39IN6. The molecule has 1 fully saturated rings. The second kappa shape index (κ2) is 11.9. The standard InChI is InChI=1S/C24H38N6.HI/c1-17(12-23-19(3)28-29(6)20(23)4)27-24(25-5)26-14-22-13-18(2)30(16-22)15-21-10-8-7-9-11-21;/h7-11,17-18,22H,12-16H2,1-6H3,(H2,25,26,27);1H. The molecule has 1 aliphatic rings. The first-order valence-electron chi connectivity index (χ1n) is 11.1. The van der Waals surface area contributed by atoms with E-state index in [0.29, 0.717) is 12.0 Å². The lowest BCUT2D eigenvalue weighted by Gasteiger charge is -2.21. The second-order valence-corrected chi connectivity index (χ2v) is 8.84. The van der Waals surface area contributed by atoms with Crippen molar-refractivity contribution in [2.45, 2.75) is 59.2 Å².